The van der Waals surface area contributed by atoms with Crippen LogP contribution in [0.3, 0.4) is 0 Å². The highest BCUT2D eigenvalue weighted by Crippen LogP contribution is 2.50. The number of fused-ring (bicyclic) bond motifs is 2. The molecule has 134 valence electrons. The Hall–Kier alpha value is -1.05. The van der Waals surface area contributed by atoms with E-state index >= 15 is 0 Å². The van der Waals surface area contributed by atoms with E-state index in [4.69, 9.17) is 11.6 Å². The van der Waals surface area contributed by atoms with Crippen molar-refractivity contribution in [1.82, 2.24) is 0 Å². The normalized spacial score (nSPS) is 16.1. The highest BCUT2D eigenvalue weighted by Gasteiger charge is 2.33. The molecule has 0 radical (unpaired) electrons. The fraction of sp³-hybridized carbons (Fsp3) is 0.333. The number of halogens is 1. The van der Waals surface area contributed by atoms with E-state index in [1.54, 1.807) is 11.8 Å². The predicted molar refractivity (Wildman–Crippen MR) is 106 cm³/mol. The largest absolute Gasteiger partial charge is 0.331 e. The number of rotatable bonds is 5. The summed E-state index contributed by atoms with van der Waals surface area (Å²) in [5.74, 6) is 0. The fourth-order valence-electron chi connectivity index (χ4n) is 2.88. The lowest BCUT2D eigenvalue weighted by atomic mass is 10.2. The van der Waals surface area contributed by atoms with Crippen LogP contribution in [0.2, 0.25) is 5.02 Å². The molecule has 0 fully saturated rings. The molecule has 0 spiro atoms. The zero-order valence-corrected chi connectivity index (χ0v) is 16.9. The third kappa shape index (κ3) is 4.20. The summed E-state index contributed by atoms with van der Waals surface area (Å²) < 4.78 is 23.0. The Morgan fingerprint density at radius 3 is 2.52 bits per heavy atom. The molecule has 0 bridgehead atoms. The molecule has 1 N–H and O–H groups in total. The summed E-state index contributed by atoms with van der Waals surface area (Å²) in [7, 11) is 6.26. The Morgan fingerprint density at radius 2 is 1.84 bits per heavy atom. The van der Waals surface area contributed by atoms with Gasteiger partial charge in [0.15, 0.2) is 11.1 Å². The number of nitrogens with zero attached hydrogens (tertiary/aromatic N) is 2. The first kappa shape index (κ1) is 18.7. The number of hydrogen-bond acceptors (Lipinski definition) is 3. The van der Waals surface area contributed by atoms with E-state index in [0.29, 0.717) is 11.4 Å². The second-order valence-corrected chi connectivity index (χ2v) is 9.70. The Morgan fingerprint density at radius 1 is 1.16 bits per heavy atom. The molecule has 2 aromatic carbocycles. The van der Waals surface area contributed by atoms with Gasteiger partial charge in [0, 0.05) is 21.2 Å². The molecule has 25 heavy (non-hydrogen) atoms. The summed E-state index contributed by atoms with van der Waals surface area (Å²) in [5, 5.41) is 0.0921. The van der Waals surface area contributed by atoms with Crippen LogP contribution in [0, 0.1) is 0 Å². The van der Waals surface area contributed by atoms with Crippen molar-refractivity contribution in [3.63, 3.8) is 0 Å². The first-order valence-electron chi connectivity index (χ1n) is 8.02. The SMILES string of the molecule is C[N+](C)(C)CCC(N1c2ccccc2Sc2ccc(Cl)cc21)S(=O)O. The van der Waals surface area contributed by atoms with Crippen LogP contribution in [-0.2, 0) is 11.1 Å². The summed E-state index contributed by atoms with van der Waals surface area (Å²) in [6, 6.07) is 13.7. The molecule has 2 aromatic rings. The molecule has 0 aliphatic carbocycles. The van der Waals surface area contributed by atoms with Gasteiger partial charge < -0.3 is 13.9 Å². The van der Waals surface area contributed by atoms with Gasteiger partial charge in [0.1, 0.15) is 5.37 Å². The minimum atomic E-state index is -1.99. The highest BCUT2D eigenvalue weighted by molar-refractivity contribution is 7.99. The Balaban J connectivity index is 2.09. The lowest BCUT2D eigenvalue weighted by Crippen LogP contribution is -2.43. The molecule has 0 amide bonds. The van der Waals surface area contributed by atoms with Crippen LogP contribution < -0.4 is 4.90 Å². The fourth-order valence-corrected chi connectivity index (χ4v) is 4.82. The van der Waals surface area contributed by atoms with Crippen molar-refractivity contribution in [1.29, 1.82) is 0 Å². The molecule has 0 saturated heterocycles. The summed E-state index contributed by atoms with van der Waals surface area (Å²) in [4.78, 5) is 4.11. The molecule has 0 saturated carbocycles. The van der Waals surface area contributed by atoms with Crippen molar-refractivity contribution in [2.24, 2.45) is 0 Å². The van der Waals surface area contributed by atoms with E-state index in [1.165, 1.54) is 0 Å². The van der Waals surface area contributed by atoms with Gasteiger partial charge in [-0.15, -0.1) is 0 Å². The third-order valence-electron chi connectivity index (χ3n) is 4.09. The lowest BCUT2D eigenvalue weighted by molar-refractivity contribution is -0.870. The van der Waals surface area contributed by atoms with E-state index in [1.807, 2.05) is 47.4 Å². The minimum absolute atomic E-state index is 0.531. The van der Waals surface area contributed by atoms with Crippen LogP contribution in [0.15, 0.2) is 52.3 Å². The summed E-state index contributed by atoms with van der Waals surface area (Å²) in [5.41, 5.74) is 1.85. The van der Waals surface area contributed by atoms with Crippen LogP contribution in [0.25, 0.3) is 0 Å². The highest BCUT2D eigenvalue weighted by atomic mass is 35.5. The Kier molecular flexibility index (Phi) is 5.46. The van der Waals surface area contributed by atoms with Gasteiger partial charge in [-0.25, -0.2) is 4.21 Å². The van der Waals surface area contributed by atoms with Crippen molar-refractivity contribution < 1.29 is 13.2 Å². The maximum atomic E-state index is 12.2. The van der Waals surface area contributed by atoms with Gasteiger partial charge >= 0.3 is 0 Å². The number of anilines is 2. The number of quaternary nitrogens is 1. The molecule has 1 aliphatic rings. The van der Waals surface area contributed by atoms with Gasteiger partial charge in [0.2, 0.25) is 0 Å². The monoisotopic (exact) mass is 397 g/mol. The van der Waals surface area contributed by atoms with Gasteiger partial charge in [-0.2, -0.15) is 0 Å². The standard InChI is InChI=1S/C18H21ClN2O2S2/c1-21(2,3)11-10-18(25(22)23)20-14-6-4-5-7-16(14)24-17-9-8-13(19)12-15(17)20/h4-9,12,18H,10-11H2,1-3H3/p+1. The summed E-state index contributed by atoms with van der Waals surface area (Å²) in [6.07, 6.45) is 0.595. The van der Waals surface area contributed by atoms with Crippen LogP contribution in [0.4, 0.5) is 11.4 Å². The molecule has 1 aliphatic heterocycles. The van der Waals surface area contributed by atoms with Crippen LogP contribution in [0.5, 0.6) is 0 Å². The van der Waals surface area contributed by atoms with Crippen molar-refractivity contribution in [3.8, 4) is 0 Å². The first-order valence-corrected chi connectivity index (χ1v) is 10.4. The zero-order chi connectivity index (χ0) is 18.2. The van der Waals surface area contributed by atoms with E-state index in [-0.39, 0.29) is 0 Å². The molecule has 0 aromatic heterocycles. The third-order valence-corrected chi connectivity index (χ3v) is 6.37. The molecular weight excluding hydrogens is 376 g/mol. The topological polar surface area (TPSA) is 40.5 Å². The first-order chi connectivity index (χ1) is 11.8. The minimum Gasteiger partial charge on any atom is -0.331 e. The second-order valence-electron chi connectivity index (χ2n) is 7.09. The van der Waals surface area contributed by atoms with Gasteiger partial charge in [-0.3, -0.25) is 0 Å². The van der Waals surface area contributed by atoms with E-state index < -0.39 is 16.5 Å². The smallest absolute Gasteiger partial charge is 0.176 e. The summed E-state index contributed by atoms with van der Waals surface area (Å²) >= 11 is 5.90. The average molecular weight is 398 g/mol. The molecule has 4 nitrogen and oxygen atoms in total. The van der Waals surface area contributed by atoms with E-state index in [2.05, 4.69) is 21.1 Å². The van der Waals surface area contributed by atoms with Crippen molar-refractivity contribution in [2.45, 2.75) is 21.6 Å². The molecule has 2 unspecified atom stereocenters. The maximum absolute atomic E-state index is 12.2. The number of hydrogen-bond donors (Lipinski definition) is 1. The quantitative estimate of drug-likeness (QED) is 0.591. The van der Waals surface area contributed by atoms with Gasteiger partial charge in [-0.1, -0.05) is 35.5 Å². The van der Waals surface area contributed by atoms with E-state index in [0.717, 1.165) is 32.2 Å². The number of benzene rings is 2. The molecule has 3 rings (SSSR count). The van der Waals surface area contributed by atoms with Crippen LogP contribution >= 0.6 is 23.4 Å². The lowest BCUT2D eigenvalue weighted by Gasteiger charge is -2.38. The molecule has 7 heteroatoms. The molecular formula is C18H22ClN2O2S2+. The molecule has 1 heterocycles. The average Bonchev–Trinajstić information content (AvgIpc) is 2.53. The van der Waals surface area contributed by atoms with Gasteiger partial charge in [0.25, 0.3) is 0 Å². The summed E-state index contributed by atoms with van der Waals surface area (Å²) in [6.45, 7) is 0.790. The Labute approximate surface area is 160 Å². The van der Waals surface area contributed by atoms with Gasteiger partial charge in [-0.05, 0) is 30.3 Å². The van der Waals surface area contributed by atoms with Crippen molar-refractivity contribution in [2.75, 3.05) is 32.6 Å². The number of para-hydroxylation sites is 1. The van der Waals surface area contributed by atoms with Gasteiger partial charge in [0.05, 0.1) is 39.1 Å². The molecule has 2 atom stereocenters. The Bertz CT molecular complexity index is 808. The maximum Gasteiger partial charge on any atom is 0.176 e. The second kappa shape index (κ2) is 7.29. The van der Waals surface area contributed by atoms with Crippen LogP contribution in [0.1, 0.15) is 6.42 Å². The predicted octanol–water partition coefficient (Wildman–Crippen LogP) is 4.59. The van der Waals surface area contributed by atoms with Crippen molar-refractivity contribution >= 4 is 45.8 Å². The van der Waals surface area contributed by atoms with Crippen LogP contribution in [-0.4, -0.2) is 46.3 Å². The zero-order valence-electron chi connectivity index (χ0n) is 14.5. The van der Waals surface area contributed by atoms with Crippen molar-refractivity contribution in [3.05, 3.63) is 47.5 Å². The van der Waals surface area contributed by atoms with E-state index in [9.17, 15) is 8.76 Å².